The van der Waals surface area contributed by atoms with Crippen molar-refractivity contribution in [2.75, 3.05) is 18.1 Å². The number of carbonyl (C=O) groups excluding carboxylic acids is 2. The van der Waals surface area contributed by atoms with Gasteiger partial charge in [-0.3, -0.25) is 9.59 Å². The van der Waals surface area contributed by atoms with Gasteiger partial charge < -0.3 is 9.64 Å². The van der Waals surface area contributed by atoms with Gasteiger partial charge in [0.05, 0.1) is 17.9 Å². The zero-order chi connectivity index (χ0) is 18.1. The van der Waals surface area contributed by atoms with Crippen molar-refractivity contribution < 1.29 is 14.3 Å². The van der Waals surface area contributed by atoms with Crippen LogP contribution in [0, 0.1) is 13.8 Å². The molecule has 25 heavy (non-hydrogen) atoms. The molecule has 0 aliphatic carbocycles. The van der Waals surface area contributed by atoms with Crippen molar-refractivity contribution in [3.63, 3.8) is 0 Å². The lowest BCUT2D eigenvalue weighted by molar-refractivity contribution is -0.114. The smallest absolute Gasteiger partial charge is 0.299 e. The number of anilines is 1. The molecule has 1 aliphatic heterocycles. The van der Waals surface area contributed by atoms with E-state index in [4.69, 9.17) is 16.3 Å². The number of benzene rings is 2. The highest BCUT2D eigenvalue weighted by atomic mass is 79.9. The first-order valence-electron chi connectivity index (χ1n) is 7.94. The van der Waals surface area contributed by atoms with Crippen molar-refractivity contribution in [3.8, 4) is 5.75 Å². The van der Waals surface area contributed by atoms with Crippen molar-refractivity contribution in [2.24, 2.45) is 0 Å². The Morgan fingerprint density at radius 1 is 1.16 bits per heavy atom. The molecule has 0 saturated heterocycles. The van der Waals surface area contributed by atoms with E-state index in [-0.39, 0.29) is 0 Å². The number of hydrogen-bond donors (Lipinski definition) is 0. The maximum atomic E-state index is 12.3. The maximum Gasteiger partial charge on any atom is 0.299 e. The van der Waals surface area contributed by atoms with E-state index in [0.717, 1.165) is 21.3 Å². The summed E-state index contributed by atoms with van der Waals surface area (Å²) in [5, 5.41) is 0.699. The molecule has 6 heteroatoms. The van der Waals surface area contributed by atoms with Gasteiger partial charge in [0.1, 0.15) is 5.75 Å². The molecule has 0 fully saturated rings. The highest BCUT2D eigenvalue weighted by molar-refractivity contribution is 9.10. The molecular formula is C19H17BrClNO3. The third kappa shape index (κ3) is 3.58. The van der Waals surface area contributed by atoms with Gasteiger partial charge >= 0.3 is 0 Å². The van der Waals surface area contributed by atoms with Crippen molar-refractivity contribution >= 4 is 44.9 Å². The van der Waals surface area contributed by atoms with E-state index in [1.807, 2.05) is 32.0 Å². The molecule has 1 heterocycles. The Morgan fingerprint density at radius 2 is 1.92 bits per heavy atom. The zero-order valence-corrected chi connectivity index (χ0v) is 16.3. The van der Waals surface area contributed by atoms with Crippen LogP contribution >= 0.6 is 27.5 Å². The second-order valence-corrected chi connectivity index (χ2v) is 7.30. The summed E-state index contributed by atoms with van der Waals surface area (Å²) in [5.41, 5.74) is 3.01. The van der Waals surface area contributed by atoms with Crippen LogP contribution in [0.4, 0.5) is 5.69 Å². The van der Waals surface area contributed by atoms with Crippen molar-refractivity contribution in [1.82, 2.24) is 0 Å². The molecule has 0 saturated carbocycles. The van der Waals surface area contributed by atoms with Gasteiger partial charge in [-0.15, -0.1) is 0 Å². The fourth-order valence-electron chi connectivity index (χ4n) is 2.85. The summed E-state index contributed by atoms with van der Waals surface area (Å²) in [6.45, 7) is 4.68. The molecule has 130 valence electrons. The topological polar surface area (TPSA) is 46.6 Å². The van der Waals surface area contributed by atoms with Gasteiger partial charge in [0, 0.05) is 16.0 Å². The van der Waals surface area contributed by atoms with Gasteiger partial charge in [0.15, 0.2) is 0 Å². The summed E-state index contributed by atoms with van der Waals surface area (Å²) >= 11 is 9.46. The molecular weight excluding hydrogens is 406 g/mol. The van der Waals surface area contributed by atoms with Crippen LogP contribution in [0.15, 0.2) is 34.8 Å². The lowest BCUT2D eigenvalue weighted by Gasteiger charge is -2.18. The van der Waals surface area contributed by atoms with Crippen LogP contribution in [-0.2, 0) is 4.79 Å². The van der Waals surface area contributed by atoms with Crippen molar-refractivity contribution in [3.05, 3.63) is 56.5 Å². The first-order valence-corrected chi connectivity index (χ1v) is 9.11. The second kappa shape index (κ2) is 7.18. The summed E-state index contributed by atoms with van der Waals surface area (Å²) in [7, 11) is 0. The van der Waals surface area contributed by atoms with Gasteiger partial charge in [0.2, 0.25) is 0 Å². The normalized spacial score (nSPS) is 13.4. The Bertz CT molecular complexity index is 866. The number of nitrogens with zero attached hydrogens (tertiary/aromatic N) is 1. The second-order valence-electron chi connectivity index (χ2n) is 6.04. The maximum absolute atomic E-state index is 12.3. The van der Waals surface area contributed by atoms with E-state index >= 15 is 0 Å². The van der Waals surface area contributed by atoms with E-state index in [1.165, 1.54) is 4.90 Å². The van der Waals surface area contributed by atoms with Gasteiger partial charge in [-0.2, -0.15) is 0 Å². The summed E-state index contributed by atoms with van der Waals surface area (Å²) in [6, 6.07) is 9.15. The highest BCUT2D eigenvalue weighted by Crippen LogP contribution is 2.37. The number of carbonyl (C=O) groups is 2. The van der Waals surface area contributed by atoms with Crippen LogP contribution in [0.1, 0.15) is 27.9 Å². The Labute approximate surface area is 159 Å². The number of halogens is 2. The number of hydrogen-bond acceptors (Lipinski definition) is 3. The molecule has 0 radical (unpaired) electrons. The predicted molar refractivity (Wildman–Crippen MR) is 102 cm³/mol. The van der Waals surface area contributed by atoms with Crippen LogP contribution in [0.2, 0.25) is 5.02 Å². The number of fused-ring (bicyclic) bond motifs is 1. The Kier molecular flexibility index (Phi) is 5.16. The SMILES string of the molecule is Cc1cc(Br)c2c(c1)C(=O)C(=O)N2CCCOc1ccc(Cl)c(C)c1. The summed E-state index contributed by atoms with van der Waals surface area (Å²) in [4.78, 5) is 26.0. The van der Waals surface area contributed by atoms with Crippen LogP contribution in [0.25, 0.3) is 0 Å². The number of aryl methyl sites for hydroxylation is 2. The summed E-state index contributed by atoms with van der Waals surface area (Å²) in [6.07, 6.45) is 0.612. The van der Waals surface area contributed by atoms with E-state index in [2.05, 4.69) is 15.9 Å². The Hall–Kier alpha value is -1.85. The van der Waals surface area contributed by atoms with Crippen LogP contribution < -0.4 is 9.64 Å². The molecule has 4 nitrogen and oxygen atoms in total. The Balaban J connectivity index is 1.65. The summed E-state index contributed by atoms with van der Waals surface area (Å²) in [5.74, 6) is -0.194. The average molecular weight is 423 g/mol. The first kappa shape index (κ1) is 18.0. The lowest BCUT2D eigenvalue weighted by Crippen LogP contribution is -2.31. The van der Waals surface area contributed by atoms with Crippen LogP contribution in [0.5, 0.6) is 5.75 Å². The average Bonchev–Trinajstić information content (AvgIpc) is 2.80. The van der Waals surface area contributed by atoms with Crippen LogP contribution in [0.3, 0.4) is 0 Å². The molecule has 2 aromatic carbocycles. The van der Waals surface area contributed by atoms with E-state index in [1.54, 1.807) is 12.1 Å². The largest absolute Gasteiger partial charge is 0.494 e. The summed E-state index contributed by atoms with van der Waals surface area (Å²) < 4.78 is 6.47. The van der Waals surface area contributed by atoms with Crippen LogP contribution in [-0.4, -0.2) is 24.8 Å². The number of ether oxygens (including phenoxy) is 1. The number of rotatable bonds is 5. The minimum atomic E-state index is -0.483. The zero-order valence-electron chi connectivity index (χ0n) is 13.9. The van der Waals surface area contributed by atoms with E-state index in [0.29, 0.717) is 35.8 Å². The van der Waals surface area contributed by atoms with E-state index in [9.17, 15) is 9.59 Å². The van der Waals surface area contributed by atoms with E-state index < -0.39 is 11.7 Å². The Morgan fingerprint density at radius 3 is 2.64 bits per heavy atom. The number of ketones is 1. The molecule has 1 aliphatic rings. The quantitative estimate of drug-likeness (QED) is 0.517. The molecule has 0 bridgehead atoms. The molecule has 2 aromatic rings. The fraction of sp³-hybridized carbons (Fsp3) is 0.263. The van der Waals surface area contributed by atoms with Crippen molar-refractivity contribution in [1.29, 1.82) is 0 Å². The molecule has 0 atom stereocenters. The third-order valence-electron chi connectivity index (χ3n) is 4.09. The molecule has 3 rings (SSSR count). The van der Waals surface area contributed by atoms with Gasteiger partial charge in [0.25, 0.3) is 11.7 Å². The standard InChI is InChI=1S/C19H17BrClNO3/c1-11-8-14-17(15(20)9-11)22(19(24)18(14)23)6-3-7-25-13-4-5-16(21)12(2)10-13/h4-5,8-10H,3,6-7H2,1-2H3. The molecule has 0 unspecified atom stereocenters. The fourth-order valence-corrected chi connectivity index (χ4v) is 3.76. The molecule has 0 aromatic heterocycles. The molecule has 0 spiro atoms. The molecule has 0 N–H and O–H groups in total. The minimum Gasteiger partial charge on any atom is -0.494 e. The van der Waals surface area contributed by atoms with Crippen molar-refractivity contribution in [2.45, 2.75) is 20.3 Å². The lowest BCUT2D eigenvalue weighted by atomic mass is 10.1. The highest BCUT2D eigenvalue weighted by Gasteiger charge is 2.37. The monoisotopic (exact) mass is 421 g/mol. The minimum absolute atomic E-state index is 0.422. The van der Waals surface area contributed by atoms with Gasteiger partial charge in [-0.05, 0) is 77.7 Å². The predicted octanol–water partition coefficient (Wildman–Crippen LogP) is 4.72. The van der Waals surface area contributed by atoms with Gasteiger partial charge in [-0.1, -0.05) is 11.6 Å². The third-order valence-corrected chi connectivity index (χ3v) is 5.11. The number of Topliss-reactive ketones (excluding diaryl/α,β-unsaturated/α-hetero) is 1. The number of amides is 1. The molecule has 1 amide bonds. The first-order chi connectivity index (χ1) is 11.9. The van der Waals surface area contributed by atoms with Gasteiger partial charge in [-0.25, -0.2) is 0 Å².